The first-order chi connectivity index (χ1) is 10.4. The molecule has 0 amide bonds. The van der Waals surface area contributed by atoms with Crippen LogP contribution in [0, 0.1) is 11.8 Å². The van der Waals surface area contributed by atoms with E-state index in [1.165, 1.54) is 0 Å². The summed E-state index contributed by atoms with van der Waals surface area (Å²) in [5.41, 5.74) is 1.11. The average Bonchev–Trinajstić information content (AvgIpc) is 3.24. The normalized spacial score (nSPS) is 22.3. The van der Waals surface area contributed by atoms with Crippen LogP contribution in [0.15, 0.2) is 29.2 Å². The largest absolute Gasteiger partial charge is 0.481 e. The van der Waals surface area contributed by atoms with Gasteiger partial charge in [-0.3, -0.25) is 4.79 Å². The fourth-order valence-electron chi connectivity index (χ4n) is 3.05. The van der Waals surface area contributed by atoms with E-state index in [4.69, 9.17) is 5.11 Å². The number of hydrogen-bond donors (Lipinski definition) is 1. The molecule has 1 saturated carbocycles. The van der Waals surface area contributed by atoms with Crippen molar-refractivity contribution in [2.75, 3.05) is 5.75 Å². The van der Waals surface area contributed by atoms with Crippen LogP contribution < -0.4 is 0 Å². The molecule has 0 bridgehead atoms. The van der Waals surface area contributed by atoms with Crippen LogP contribution in [0.5, 0.6) is 0 Å². The van der Waals surface area contributed by atoms with Crippen molar-refractivity contribution in [3.63, 3.8) is 0 Å². The van der Waals surface area contributed by atoms with Gasteiger partial charge in [0.05, 0.1) is 16.6 Å². The van der Waals surface area contributed by atoms with Gasteiger partial charge in [-0.05, 0) is 55.2 Å². The lowest BCUT2D eigenvalue weighted by molar-refractivity contribution is -0.138. The monoisotopic (exact) mass is 324 g/mol. The van der Waals surface area contributed by atoms with Crippen LogP contribution in [0.1, 0.15) is 51.0 Å². The SMILES string of the molecule is CCCS(=O)(=O)c1ccc(C(CC)CC2CC2C(=O)O)cc1. The molecule has 1 N–H and O–H groups in total. The van der Waals surface area contributed by atoms with E-state index in [0.717, 1.165) is 24.8 Å². The molecule has 2 rings (SSSR count). The maximum absolute atomic E-state index is 12.0. The second-order valence-electron chi connectivity index (χ2n) is 6.17. The average molecular weight is 324 g/mol. The lowest BCUT2D eigenvalue weighted by Crippen LogP contribution is -2.07. The third-order valence-corrected chi connectivity index (χ3v) is 6.44. The van der Waals surface area contributed by atoms with Gasteiger partial charge in [-0.1, -0.05) is 26.0 Å². The van der Waals surface area contributed by atoms with Gasteiger partial charge in [0.15, 0.2) is 9.84 Å². The Labute approximate surface area is 132 Å². The summed E-state index contributed by atoms with van der Waals surface area (Å²) >= 11 is 0. The van der Waals surface area contributed by atoms with Crippen LogP contribution in [-0.2, 0) is 14.6 Å². The van der Waals surface area contributed by atoms with Crippen LogP contribution in [-0.4, -0.2) is 25.2 Å². The Morgan fingerprint density at radius 3 is 2.36 bits per heavy atom. The Hall–Kier alpha value is -1.36. The maximum Gasteiger partial charge on any atom is 0.306 e. The molecule has 4 nitrogen and oxygen atoms in total. The van der Waals surface area contributed by atoms with Gasteiger partial charge in [-0.25, -0.2) is 8.42 Å². The highest BCUT2D eigenvalue weighted by molar-refractivity contribution is 7.91. The molecule has 122 valence electrons. The smallest absolute Gasteiger partial charge is 0.306 e. The predicted molar refractivity (Wildman–Crippen MR) is 85.7 cm³/mol. The van der Waals surface area contributed by atoms with Crippen LogP contribution in [0.3, 0.4) is 0 Å². The highest BCUT2D eigenvalue weighted by atomic mass is 32.2. The molecule has 1 aliphatic rings. The minimum Gasteiger partial charge on any atom is -0.481 e. The van der Waals surface area contributed by atoms with Crippen molar-refractivity contribution >= 4 is 15.8 Å². The van der Waals surface area contributed by atoms with Crippen molar-refractivity contribution in [3.8, 4) is 0 Å². The number of carboxylic acid groups (broad SMARTS) is 1. The topological polar surface area (TPSA) is 71.4 Å². The molecule has 3 unspecified atom stereocenters. The number of carboxylic acids is 1. The maximum atomic E-state index is 12.0. The van der Waals surface area contributed by atoms with Crippen molar-refractivity contribution < 1.29 is 18.3 Å². The summed E-state index contributed by atoms with van der Waals surface area (Å²) in [6.07, 6.45) is 3.19. The molecular weight excluding hydrogens is 300 g/mol. The molecule has 0 aromatic heterocycles. The number of hydrogen-bond acceptors (Lipinski definition) is 3. The summed E-state index contributed by atoms with van der Waals surface area (Å²) in [5.74, 6) is -0.131. The number of carbonyl (C=O) groups is 1. The number of benzene rings is 1. The van der Waals surface area contributed by atoms with Crippen LogP contribution in [0.2, 0.25) is 0 Å². The second-order valence-corrected chi connectivity index (χ2v) is 8.28. The van der Waals surface area contributed by atoms with Gasteiger partial charge in [-0.2, -0.15) is 0 Å². The van der Waals surface area contributed by atoms with Gasteiger partial charge in [0.2, 0.25) is 0 Å². The molecule has 3 atom stereocenters. The van der Waals surface area contributed by atoms with Crippen LogP contribution >= 0.6 is 0 Å². The molecule has 1 aromatic rings. The number of rotatable bonds is 8. The Balaban J connectivity index is 2.06. The summed E-state index contributed by atoms with van der Waals surface area (Å²) in [7, 11) is -3.17. The predicted octanol–water partition coefficient (Wildman–Crippen LogP) is 3.47. The zero-order valence-corrected chi connectivity index (χ0v) is 14.0. The quantitative estimate of drug-likeness (QED) is 0.794. The Morgan fingerprint density at radius 2 is 1.91 bits per heavy atom. The summed E-state index contributed by atoms with van der Waals surface area (Å²) < 4.78 is 24.0. The fourth-order valence-corrected chi connectivity index (χ4v) is 4.37. The molecule has 0 aliphatic heterocycles. The fraction of sp³-hybridized carbons (Fsp3) is 0.588. The van der Waals surface area contributed by atoms with Gasteiger partial charge in [0.1, 0.15) is 0 Å². The standard InChI is InChI=1S/C17H24O4S/c1-3-9-22(20,21)15-7-5-13(6-8-15)12(4-2)10-14-11-16(14)17(18)19/h5-8,12,14,16H,3-4,9-11H2,1-2H3,(H,18,19). The summed E-state index contributed by atoms with van der Waals surface area (Å²) in [4.78, 5) is 11.3. The molecule has 0 radical (unpaired) electrons. The van der Waals surface area contributed by atoms with Crippen LogP contribution in [0.25, 0.3) is 0 Å². The molecule has 1 aromatic carbocycles. The summed E-state index contributed by atoms with van der Waals surface area (Å²) in [6, 6.07) is 7.14. The van der Waals surface area contributed by atoms with E-state index in [9.17, 15) is 13.2 Å². The Kier molecular flexibility index (Phi) is 5.27. The summed E-state index contributed by atoms with van der Waals surface area (Å²) in [5, 5.41) is 8.99. The minimum absolute atomic E-state index is 0.173. The van der Waals surface area contributed by atoms with Crippen molar-refractivity contribution in [2.45, 2.75) is 50.3 Å². The first-order valence-electron chi connectivity index (χ1n) is 7.94. The van der Waals surface area contributed by atoms with E-state index in [0.29, 0.717) is 17.2 Å². The summed E-state index contributed by atoms with van der Waals surface area (Å²) in [6.45, 7) is 3.94. The lowest BCUT2D eigenvalue weighted by Gasteiger charge is -2.15. The number of aliphatic carboxylic acids is 1. The third-order valence-electron chi connectivity index (χ3n) is 4.50. The van der Waals surface area contributed by atoms with E-state index < -0.39 is 15.8 Å². The second kappa shape index (κ2) is 6.82. The van der Waals surface area contributed by atoms with Gasteiger partial charge in [0, 0.05) is 0 Å². The Bertz CT molecular complexity index is 619. The van der Waals surface area contributed by atoms with E-state index in [1.54, 1.807) is 12.1 Å². The molecule has 1 fully saturated rings. The molecule has 0 saturated heterocycles. The van der Waals surface area contributed by atoms with Gasteiger partial charge in [0.25, 0.3) is 0 Å². The molecule has 0 heterocycles. The lowest BCUT2D eigenvalue weighted by atomic mass is 9.91. The first-order valence-corrected chi connectivity index (χ1v) is 9.59. The zero-order valence-electron chi connectivity index (χ0n) is 13.2. The van der Waals surface area contributed by atoms with Gasteiger partial charge < -0.3 is 5.11 Å². The highest BCUT2D eigenvalue weighted by Crippen LogP contribution is 2.46. The number of sulfone groups is 1. The molecular formula is C17H24O4S. The minimum atomic E-state index is -3.17. The third kappa shape index (κ3) is 3.88. The highest BCUT2D eigenvalue weighted by Gasteiger charge is 2.43. The molecule has 1 aliphatic carbocycles. The van der Waals surface area contributed by atoms with Gasteiger partial charge in [-0.15, -0.1) is 0 Å². The van der Waals surface area contributed by atoms with E-state index >= 15 is 0 Å². The van der Waals surface area contributed by atoms with Crippen molar-refractivity contribution in [2.24, 2.45) is 11.8 Å². The van der Waals surface area contributed by atoms with E-state index in [2.05, 4.69) is 6.92 Å². The van der Waals surface area contributed by atoms with E-state index in [1.807, 2.05) is 19.1 Å². The molecule has 0 spiro atoms. The Morgan fingerprint density at radius 1 is 1.27 bits per heavy atom. The van der Waals surface area contributed by atoms with Crippen LogP contribution in [0.4, 0.5) is 0 Å². The van der Waals surface area contributed by atoms with Gasteiger partial charge >= 0.3 is 5.97 Å². The van der Waals surface area contributed by atoms with Crippen molar-refractivity contribution in [1.29, 1.82) is 0 Å². The molecule has 22 heavy (non-hydrogen) atoms. The van der Waals surface area contributed by atoms with E-state index in [-0.39, 0.29) is 17.6 Å². The first kappa shape index (κ1) is 17.0. The zero-order chi connectivity index (χ0) is 16.3. The molecule has 5 heteroatoms. The van der Waals surface area contributed by atoms with Crippen molar-refractivity contribution in [1.82, 2.24) is 0 Å². The van der Waals surface area contributed by atoms with Crippen molar-refractivity contribution in [3.05, 3.63) is 29.8 Å².